The Hall–Kier alpha value is -3.73. The number of benzene rings is 2. The summed E-state index contributed by atoms with van der Waals surface area (Å²) in [5.41, 5.74) is 2.36. The molecular weight excluding hydrogens is 655 g/mol. The van der Waals surface area contributed by atoms with Crippen LogP contribution in [-0.2, 0) is 24.9 Å². The largest absolute Gasteiger partial charge is 0.511 e. The smallest absolute Gasteiger partial charge is 0.284 e. The van der Waals surface area contributed by atoms with E-state index in [9.17, 15) is 18.7 Å². The first-order chi connectivity index (χ1) is 17.0. The molecule has 4 rings (SSSR count). The number of carbonyl (C=O) groups excluding carboxylic acids is 1. The summed E-state index contributed by atoms with van der Waals surface area (Å²) in [4.78, 5) is 19.8. The predicted octanol–water partition coefficient (Wildman–Crippen LogP) is 7.03. The maximum Gasteiger partial charge on any atom is 0.284 e. The molecule has 1 N–H and O–H groups in total. The summed E-state index contributed by atoms with van der Waals surface area (Å²) in [5.74, 6) is -1.56. The van der Waals surface area contributed by atoms with Crippen LogP contribution in [0.1, 0.15) is 34.1 Å². The van der Waals surface area contributed by atoms with Crippen LogP contribution >= 0.6 is 0 Å². The molecule has 6 nitrogen and oxygen atoms in total. The molecule has 1 aliphatic heterocycles. The molecule has 37 heavy (non-hydrogen) atoms. The zero-order chi connectivity index (χ0) is 26.5. The van der Waals surface area contributed by atoms with E-state index in [2.05, 4.69) is 21.0 Å². The van der Waals surface area contributed by atoms with Gasteiger partial charge in [-0.25, -0.2) is 4.85 Å². The maximum absolute atomic E-state index is 13.2. The molecule has 0 fully saturated rings. The molecule has 0 unspecified atom stereocenters. The molecular formula is C28H25F2IrN4O2-. The normalized spacial score (nSPS) is 14.1. The third-order valence-electron chi connectivity index (χ3n) is 5.01. The first kappa shape index (κ1) is 29.5. The number of aromatic nitrogens is 1. The Labute approximate surface area is 228 Å². The van der Waals surface area contributed by atoms with Gasteiger partial charge < -0.3 is 10.1 Å². The maximum atomic E-state index is 13.2. The van der Waals surface area contributed by atoms with Crippen molar-refractivity contribution in [2.24, 2.45) is 10.5 Å². The number of anilines is 1. The zero-order valence-electron chi connectivity index (χ0n) is 20.7. The number of aliphatic hydroxyl groups excluding tert-OH is 1. The molecule has 0 aliphatic carbocycles. The van der Waals surface area contributed by atoms with E-state index < -0.39 is 11.6 Å². The van der Waals surface area contributed by atoms with Gasteiger partial charge in [-0.05, 0) is 36.2 Å². The number of rotatable bonds is 3. The van der Waals surface area contributed by atoms with Gasteiger partial charge in [0.25, 0.3) is 5.91 Å². The summed E-state index contributed by atoms with van der Waals surface area (Å²) in [7, 11) is 0. The van der Waals surface area contributed by atoms with Crippen molar-refractivity contribution in [1.82, 2.24) is 4.98 Å². The molecule has 2 aromatic carbocycles. The second-order valence-electron chi connectivity index (χ2n) is 9.25. The monoisotopic (exact) mass is 680 g/mol. The minimum absolute atomic E-state index is 0. The summed E-state index contributed by atoms with van der Waals surface area (Å²) in [6.45, 7) is 14.6. The molecule has 0 spiro atoms. The van der Waals surface area contributed by atoms with E-state index in [0.29, 0.717) is 29.2 Å². The van der Waals surface area contributed by atoms with E-state index >= 15 is 0 Å². The topological polar surface area (TPSA) is 70.2 Å². The van der Waals surface area contributed by atoms with E-state index in [4.69, 9.17) is 6.57 Å². The van der Waals surface area contributed by atoms with Crippen molar-refractivity contribution in [3.8, 4) is 11.3 Å². The average Bonchev–Trinajstić information content (AvgIpc) is 3.13. The predicted molar refractivity (Wildman–Crippen MR) is 135 cm³/mol. The van der Waals surface area contributed by atoms with Gasteiger partial charge >= 0.3 is 0 Å². The van der Waals surface area contributed by atoms with Crippen LogP contribution in [0, 0.1) is 29.7 Å². The third kappa shape index (κ3) is 7.63. The molecule has 1 aliphatic rings. The van der Waals surface area contributed by atoms with Crippen molar-refractivity contribution < 1.29 is 38.8 Å². The summed E-state index contributed by atoms with van der Waals surface area (Å²) in [6, 6.07) is 16.1. The summed E-state index contributed by atoms with van der Waals surface area (Å²) in [5, 5.41) is 15.8. The van der Waals surface area contributed by atoms with Crippen LogP contribution in [0.15, 0.2) is 77.2 Å². The molecule has 193 valence electrons. The molecule has 1 aromatic heterocycles. The number of aliphatic hydroxyl groups is 1. The average molecular weight is 680 g/mol. The van der Waals surface area contributed by atoms with Gasteiger partial charge in [0.15, 0.2) is 5.69 Å². The number of hydrogen-bond donors (Lipinski definition) is 1. The van der Waals surface area contributed by atoms with Gasteiger partial charge in [0, 0.05) is 44.4 Å². The van der Waals surface area contributed by atoms with Gasteiger partial charge in [-0.3, -0.25) is 13.6 Å². The molecule has 0 bridgehead atoms. The Morgan fingerprint density at radius 2 is 1.84 bits per heavy atom. The Morgan fingerprint density at radius 1 is 1.16 bits per heavy atom. The number of pyridine rings is 1. The van der Waals surface area contributed by atoms with Crippen molar-refractivity contribution in [3.05, 3.63) is 101 Å². The number of hydrogen-bond acceptors (Lipinski definition) is 4. The number of allylic oxidation sites excluding steroid dienone is 1. The Morgan fingerprint density at radius 3 is 2.38 bits per heavy atom. The Kier molecular flexibility index (Phi) is 9.95. The molecule has 0 saturated heterocycles. The number of hydrazone groups is 1. The van der Waals surface area contributed by atoms with Crippen molar-refractivity contribution in [2.45, 2.75) is 34.1 Å². The standard InChI is InChI=1S/C17H19N3O2.C11H6F2N.Ir/c1-11-15(14(21)10-17(2,3)4)16(22)20(19-11)13-8-6-12(18-5)7-9-13;12-8-4-5-9(10(13)7-8)11-3-1-2-6-14-11;/h6-9,21H,10H2,1-4H3;1-4,6-7H;/q;-1;/b15-14-;;. The van der Waals surface area contributed by atoms with Gasteiger partial charge in [-0.15, -0.1) is 12.1 Å². The summed E-state index contributed by atoms with van der Waals surface area (Å²) < 4.78 is 25.8. The van der Waals surface area contributed by atoms with Gasteiger partial charge in [0.1, 0.15) is 11.3 Å². The summed E-state index contributed by atoms with van der Waals surface area (Å²) >= 11 is 0. The summed E-state index contributed by atoms with van der Waals surface area (Å²) in [6.07, 6.45) is 1.96. The fourth-order valence-electron chi connectivity index (χ4n) is 3.42. The molecule has 1 amide bonds. The molecule has 3 aromatic rings. The first-order valence-electron chi connectivity index (χ1n) is 11.1. The minimum atomic E-state index is -0.649. The minimum Gasteiger partial charge on any atom is -0.511 e. The van der Waals surface area contributed by atoms with Crippen molar-refractivity contribution in [2.75, 3.05) is 5.01 Å². The Bertz CT molecular complexity index is 1360. The molecule has 9 heteroatoms. The third-order valence-corrected chi connectivity index (χ3v) is 5.01. The van der Waals surface area contributed by atoms with Gasteiger partial charge in [0.05, 0.1) is 18.0 Å². The van der Waals surface area contributed by atoms with Crippen LogP contribution in [0.2, 0.25) is 0 Å². The fraction of sp³-hybridized carbons (Fsp3) is 0.214. The van der Waals surface area contributed by atoms with Gasteiger partial charge in [-0.2, -0.15) is 10.1 Å². The van der Waals surface area contributed by atoms with Crippen LogP contribution in [0.3, 0.4) is 0 Å². The number of carbonyl (C=O) groups is 1. The number of amides is 1. The SMILES string of the molecule is Fc1c[c-]c(-c2ccccn2)c(F)c1.[C-]#[N+]c1ccc(N2N=C(C)/C(=C(/O)CC(C)(C)C)C2=O)cc1.[Ir]. The van der Waals surface area contributed by atoms with Crippen LogP contribution in [-0.4, -0.2) is 21.7 Å². The van der Waals surface area contributed by atoms with E-state index in [0.717, 1.165) is 12.1 Å². The second kappa shape index (κ2) is 12.5. The van der Waals surface area contributed by atoms with Crippen molar-refractivity contribution in [1.29, 1.82) is 0 Å². The fourth-order valence-corrected chi connectivity index (χ4v) is 3.42. The molecule has 0 atom stereocenters. The second-order valence-corrected chi connectivity index (χ2v) is 9.25. The number of nitrogens with zero attached hydrogens (tertiary/aromatic N) is 4. The van der Waals surface area contributed by atoms with Crippen LogP contribution in [0.25, 0.3) is 16.1 Å². The van der Waals surface area contributed by atoms with Crippen LogP contribution in [0.5, 0.6) is 0 Å². The molecule has 2 heterocycles. The Balaban J connectivity index is 0.000000277. The quantitative estimate of drug-likeness (QED) is 0.184. The van der Waals surface area contributed by atoms with E-state index in [1.807, 2.05) is 20.8 Å². The van der Waals surface area contributed by atoms with Crippen molar-refractivity contribution in [3.63, 3.8) is 0 Å². The van der Waals surface area contributed by atoms with Gasteiger partial charge in [-0.1, -0.05) is 56.7 Å². The van der Waals surface area contributed by atoms with Crippen molar-refractivity contribution >= 4 is 23.0 Å². The molecule has 0 saturated carbocycles. The van der Waals surface area contributed by atoms with E-state index in [-0.39, 0.29) is 48.3 Å². The van der Waals surface area contributed by atoms with E-state index in [1.165, 1.54) is 5.01 Å². The van der Waals surface area contributed by atoms with Crippen LogP contribution < -0.4 is 5.01 Å². The molecule has 1 radical (unpaired) electrons. The van der Waals surface area contributed by atoms with E-state index in [1.54, 1.807) is 55.6 Å². The van der Waals surface area contributed by atoms with Gasteiger partial charge in [0.2, 0.25) is 0 Å². The number of halogens is 2. The van der Waals surface area contributed by atoms with Crippen LogP contribution in [0.4, 0.5) is 20.2 Å². The zero-order valence-corrected chi connectivity index (χ0v) is 23.1. The first-order valence-corrected chi connectivity index (χ1v) is 11.1.